The van der Waals surface area contributed by atoms with Gasteiger partial charge in [-0.2, -0.15) is 0 Å². The maximum Gasteiger partial charge on any atom is 0.343 e. The Kier molecular flexibility index (Phi) is 13.2. The number of hydrogen-bond acceptors (Lipinski definition) is 4. The minimum absolute atomic E-state index is 0.0452. The average Bonchev–Trinajstić information content (AvgIpc) is 2.82. The maximum absolute atomic E-state index is 14.3. The highest BCUT2D eigenvalue weighted by molar-refractivity contribution is 5.91. The summed E-state index contributed by atoms with van der Waals surface area (Å²) in [4.78, 5) is 12.4. The zero-order valence-corrected chi connectivity index (χ0v) is 21.4. The minimum Gasteiger partial charge on any atom is -0.494 e. The lowest BCUT2D eigenvalue weighted by Gasteiger charge is -2.13. The van der Waals surface area contributed by atoms with Gasteiger partial charge in [0.15, 0.2) is 11.6 Å². The summed E-state index contributed by atoms with van der Waals surface area (Å²) in [7, 11) is 0. The molecule has 35 heavy (non-hydrogen) atoms. The lowest BCUT2D eigenvalue weighted by Crippen LogP contribution is -2.16. The van der Waals surface area contributed by atoms with Gasteiger partial charge in [-0.25, -0.2) is 13.6 Å². The van der Waals surface area contributed by atoms with Gasteiger partial charge in [0.2, 0.25) is 0 Å². The minimum atomic E-state index is -1.17. The molecular formula is C29H40F2O4. The molecule has 0 aliphatic rings. The highest BCUT2D eigenvalue weighted by Gasteiger charge is 2.15. The first-order chi connectivity index (χ1) is 16.9. The number of ether oxygens (including phenoxy) is 3. The summed E-state index contributed by atoms with van der Waals surface area (Å²) in [6.45, 7) is 6.47. The summed E-state index contributed by atoms with van der Waals surface area (Å²) >= 11 is 0. The Morgan fingerprint density at radius 1 is 0.857 bits per heavy atom. The summed E-state index contributed by atoms with van der Waals surface area (Å²) in [5.41, 5.74) is 0.0452. The highest BCUT2D eigenvalue weighted by Crippen LogP contribution is 2.23. The molecule has 0 aromatic heterocycles. The van der Waals surface area contributed by atoms with E-state index in [1.165, 1.54) is 50.7 Å². The molecule has 0 amide bonds. The van der Waals surface area contributed by atoms with E-state index in [4.69, 9.17) is 14.2 Å². The molecule has 4 nitrogen and oxygen atoms in total. The summed E-state index contributed by atoms with van der Waals surface area (Å²) in [6, 6.07) is 10.5. The fourth-order valence-corrected chi connectivity index (χ4v) is 3.70. The van der Waals surface area contributed by atoms with E-state index >= 15 is 0 Å². The smallest absolute Gasteiger partial charge is 0.343 e. The number of rotatable bonds is 17. The van der Waals surface area contributed by atoms with Crippen molar-refractivity contribution < 1.29 is 27.8 Å². The molecule has 0 unspecified atom stereocenters. The van der Waals surface area contributed by atoms with Gasteiger partial charge in [0.25, 0.3) is 0 Å². The molecule has 0 saturated heterocycles. The maximum atomic E-state index is 14.3. The summed E-state index contributed by atoms with van der Waals surface area (Å²) in [5.74, 6) is -0.280. The van der Waals surface area contributed by atoms with Crippen LogP contribution in [0.2, 0.25) is 0 Å². The summed E-state index contributed by atoms with van der Waals surface area (Å²) in [6.07, 6.45) is 9.12. The van der Waals surface area contributed by atoms with Crippen LogP contribution in [0.4, 0.5) is 8.78 Å². The number of hydrogen-bond donors (Lipinski definition) is 0. The van der Waals surface area contributed by atoms with Crippen molar-refractivity contribution in [2.45, 2.75) is 84.7 Å². The molecule has 0 N–H and O–H groups in total. The number of carbonyl (C=O) groups is 1. The van der Waals surface area contributed by atoms with Gasteiger partial charge in [-0.15, -0.1) is 0 Å². The molecule has 0 bridgehead atoms. The molecule has 0 radical (unpaired) electrons. The molecule has 2 aromatic carbocycles. The highest BCUT2D eigenvalue weighted by atomic mass is 19.1. The van der Waals surface area contributed by atoms with Crippen molar-refractivity contribution >= 4 is 5.97 Å². The molecule has 0 spiro atoms. The predicted molar refractivity (Wildman–Crippen MR) is 136 cm³/mol. The van der Waals surface area contributed by atoms with Crippen molar-refractivity contribution in [3.63, 3.8) is 0 Å². The average molecular weight is 491 g/mol. The van der Waals surface area contributed by atoms with Gasteiger partial charge in [-0.3, -0.25) is 0 Å². The number of halogens is 2. The first-order valence-electron chi connectivity index (χ1n) is 12.9. The molecule has 0 fully saturated rings. The molecule has 0 aliphatic heterocycles. The predicted octanol–water partition coefficient (Wildman–Crippen LogP) is 8.33. The lowest BCUT2D eigenvalue weighted by molar-refractivity contribution is 0.0733. The largest absolute Gasteiger partial charge is 0.494 e. The van der Waals surface area contributed by atoms with Gasteiger partial charge in [-0.05, 0) is 61.2 Å². The number of unbranched alkanes of at least 4 members (excludes halogenated alkanes) is 7. The molecule has 0 heterocycles. The van der Waals surface area contributed by atoms with Crippen molar-refractivity contribution in [3.05, 3.63) is 53.8 Å². The van der Waals surface area contributed by atoms with Crippen LogP contribution in [0.5, 0.6) is 17.2 Å². The third kappa shape index (κ3) is 11.6. The molecule has 1 atom stereocenters. The van der Waals surface area contributed by atoms with E-state index in [1.807, 2.05) is 13.8 Å². The Morgan fingerprint density at radius 3 is 2.11 bits per heavy atom. The zero-order chi connectivity index (χ0) is 25.5. The van der Waals surface area contributed by atoms with Crippen LogP contribution in [-0.2, 0) is 0 Å². The van der Waals surface area contributed by atoms with Crippen molar-refractivity contribution in [3.8, 4) is 17.2 Å². The van der Waals surface area contributed by atoms with Gasteiger partial charge in [0, 0.05) is 0 Å². The van der Waals surface area contributed by atoms with E-state index < -0.39 is 18.0 Å². The van der Waals surface area contributed by atoms with Crippen LogP contribution < -0.4 is 14.2 Å². The Bertz CT molecular complexity index is 867. The van der Waals surface area contributed by atoms with E-state index in [0.717, 1.165) is 18.9 Å². The molecule has 0 saturated carbocycles. The summed E-state index contributed by atoms with van der Waals surface area (Å²) < 4.78 is 44.4. The molecular weight excluding hydrogens is 450 g/mol. The number of benzene rings is 2. The normalized spacial score (nSPS) is 11.9. The fraction of sp³-hybridized carbons (Fsp3) is 0.552. The zero-order valence-electron chi connectivity index (χ0n) is 21.4. The Labute approximate surface area is 209 Å². The third-order valence-electron chi connectivity index (χ3n) is 5.62. The van der Waals surface area contributed by atoms with Gasteiger partial charge >= 0.3 is 5.97 Å². The quantitative estimate of drug-likeness (QED) is 0.127. The second kappa shape index (κ2) is 16.1. The standard InChI is InChI=1S/C29H40F2O4/c1-4-5-6-7-8-9-10-11-18-33-25-13-15-26(16-14-25)35-29(32)23-12-17-28(27(31)20-23)34-21-24(30)19-22(2)3/h12-17,20,22,24H,4-11,18-19,21H2,1-3H3/t24-/m1/s1. The fourth-order valence-electron chi connectivity index (χ4n) is 3.70. The van der Waals surface area contributed by atoms with E-state index in [9.17, 15) is 13.6 Å². The van der Waals surface area contributed by atoms with E-state index in [-0.39, 0.29) is 23.8 Å². The number of carbonyl (C=O) groups excluding carboxylic acids is 1. The summed E-state index contributed by atoms with van der Waals surface area (Å²) in [5, 5.41) is 0. The van der Waals surface area contributed by atoms with Gasteiger partial charge < -0.3 is 14.2 Å². The van der Waals surface area contributed by atoms with Crippen molar-refractivity contribution in [2.24, 2.45) is 5.92 Å². The third-order valence-corrected chi connectivity index (χ3v) is 5.62. The van der Waals surface area contributed by atoms with Crippen LogP contribution in [0.1, 0.15) is 88.9 Å². The van der Waals surface area contributed by atoms with Crippen LogP contribution in [0.25, 0.3) is 0 Å². The van der Waals surface area contributed by atoms with Crippen LogP contribution in [0.15, 0.2) is 42.5 Å². The van der Waals surface area contributed by atoms with Gasteiger partial charge in [0.1, 0.15) is 24.3 Å². The molecule has 6 heteroatoms. The Hall–Kier alpha value is -2.63. The lowest BCUT2D eigenvalue weighted by atomic mass is 10.1. The molecule has 2 aromatic rings. The van der Waals surface area contributed by atoms with E-state index in [0.29, 0.717) is 24.5 Å². The molecule has 2 rings (SSSR count). The SMILES string of the molecule is CCCCCCCCCCOc1ccc(OC(=O)c2ccc(OC[C@H](F)CC(C)C)c(F)c2)cc1. The van der Waals surface area contributed by atoms with Crippen LogP contribution in [-0.4, -0.2) is 25.4 Å². The first-order valence-corrected chi connectivity index (χ1v) is 12.9. The van der Waals surface area contributed by atoms with E-state index in [1.54, 1.807) is 24.3 Å². The second-order valence-corrected chi connectivity index (χ2v) is 9.37. The second-order valence-electron chi connectivity index (χ2n) is 9.37. The van der Waals surface area contributed by atoms with Crippen LogP contribution in [0, 0.1) is 11.7 Å². The monoisotopic (exact) mass is 490 g/mol. The van der Waals surface area contributed by atoms with E-state index in [2.05, 4.69) is 6.92 Å². The Morgan fingerprint density at radius 2 is 1.49 bits per heavy atom. The van der Waals surface area contributed by atoms with Gasteiger partial charge in [-0.1, -0.05) is 65.7 Å². The van der Waals surface area contributed by atoms with Crippen molar-refractivity contribution in [1.82, 2.24) is 0 Å². The Balaban J connectivity index is 1.72. The number of alkyl halides is 1. The van der Waals surface area contributed by atoms with Crippen molar-refractivity contribution in [1.29, 1.82) is 0 Å². The van der Waals surface area contributed by atoms with Crippen LogP contribution >= 0.6 is 0 Å². The molecule has 194 valence electrons. The topological polar surface area (TPSA) is 44.8 Å². The van der Waals surface area contributed by atoms with Crippen LogP contribution in [0.3, 0.4) is 0 Å². The number of esters is 1. The molecule has 0 aliphatic carbocycles. The first kappa shape index (κ1) is 28.6. The van der Waals surface area contributed by atoms with Gasteiger partial charge in [0.05, 0.1) is 12.2 Å². The van der Waals surface area contributed by atoms with Crippen molar-refractivity contribution in [2.75, 3.05) is 13.2 Å².